The van der Waals surface area contributed by atoms with Gasteiger partial charge in [0.25, 0.3) is 0 Å². The maximum Gasteiger partial charge on any atom is 0.123 e. The van der Waals surface area contributed by atoms with Gasteiger partial charge in [0.15, 0.2) is 0 Å². The van der Waals surface area contributed by atoms with Crippen molar-refractivity contribution >= 4 is 15.9 Å². The van der Waals surface area contributed by atoms with E-state index in [0.717, 1.165) is 23.2 Å². The molecule has 20 heavy (non-hydrogen) atoms. The maximum atomic E-state index is 5.94. The summed E-state index contributed by atoms with van der Waals surface area (Å²) >= 11 is 3.46. The van der Waals surface area contributed by atoms with Gasteiger partial charge in [0.05, 0.1) is 0 Å². The van der Waals surface area contributed by atoms with Gasteiger partial charge in [-0.3, -0.25) is 0 Å². The second-order valence-corrected chi connectivity index (χ2v) is 6.15. The van der Waals surface area contributed by atoms with Crippen LogP contribution < -0.4 is 10.1 Å². The number of nitrogens with one attached hydrogen (secondary N) is 1. The average Bonchev–Trinajstić information content (AvgIpc) is 2.88. The number of fused-ring (bicyclic) bond motifs is 1. The second-order valence-electron chi connectivity index (χ2n) is 5.23. The Bertz CT molecular complexity index is 557. The fourth-order valence-corrected chi connectivity index (χ4v) is 2.81. The molecule has 0 bridgehead atoms. The van der Waals surface area contributed by atoms with Crippen LogP contribution in [-0.2, 0) is 6.42 Å². The van der Waals surface area contributed by atoms with Crippen LogP contribution in [0.2, 0.25) is 0 Å². The molecule has 1 heterocycles. The van der Waals surface area contributed by atoms with Crippen molar-refractivity contribution in [2.24, 2.45) is 0 Å². The molecule has 0 aliphatic carbocycles. The van der Waals surface area contributed by atoms with Crippen LogP contribution in [-0.4, -0.2) is 12.6 Å². The molecule has 0 fully saturated rings. The summed E-state index contributed by atoms with van der Waals surface area (Å²) in [6.07, 6.45) is 1.24. The van der Waals surface area contributed by atoms with E-state index >= 15 is 0 Å². The Morgan fingerprint density at radius 2 is 1.95 bits per heavy atom. The van der Waals surface area contributed by atoms with E-state index in [2.05, 4.69) is 64.6 Å². The van der Waals surface area contributed by atoms with Crippen molar-refractivity contribution in [2.75, 3.05) is 6.54 Å². The SMILES string of the molecule is CC(NCC1Cc2ccccc2O1)c1ccc(Br)cc1. The number of halogens is 1. The van der Waals surface area contributed by atoms with Crippen molar-refractivity contribution in [3.63, 3.8) is 0 Å². The molecule has 1 N–H and O–H groups in total. The lowest BCUT2D eigenvalue weighted by Gasteiger charge is -2.17. The van der Waals surface area contributed by atoms with Crippen molar-refractivity contribution < 1.29 is 4.74 Å². The molecule has 3 heteroatoms. The van der Waals surface area contributed by atoms with Gasteiger partial charge in [-0.1, -0.05) is 46.3 Å². The summed E-state index contributed by atoms with van der Waals surface area (Å²) in [5.41, 5.74) is 2.61. The van der Waals surface area contributed by atoms with E-state index < -0.39 is 0 Å². The highest BCUT2D eigenvalue weighted by Gasteiger charge is 2.22. The summed E-state index contributed by atoms with van der Waals surface area (Å²) in [5.74, 6) is 1.04. The molecule has 0 saturated carbocycles. The molecule has 0 radical (unpaired) electrons. The van der Waals surface area contributed by atoms with Crippen LogP contribution in [0.5, 0.6) is 5.75 Å². The van der Waals surface area contributed by atoms with E-state index in [1.165, 1.54) is 11.1 Å². The van der Waals surface area contributed by atoms with Gasteiger partial charge in [0.2, 0.25) is 0 Å². The van der Waals surface area contributed by atoms with E-state index in [9.17, 15) is 0 Å². The zero-order chi connectivity index (χ0) is 13.9. The predicted molar refractivity (Wildman–Crippen MR) is 85.1 cm³/mol. The van der Waals surface area contributed by atoms with Crippen molar-refractivity contribution in [1.82, 2.24) is 5.32 Å². The number of rotatable bonds is 4. The monoisotopic (exact) mass is 331 g/mol. The largest absolute Gasteiger partial charge is 0.488 e. The first-order chi connectivity index (χ1) is 9.72. The number of para-hydroxylation sites is 1. The summed E-state index contributed by atoms with van der Waals surface area (Å²) in [5, 5.41) is 3.55. The van der Waals surface area contributed by atoms with E-state index in [-0.39, 0.29) is 6.10 Å². The summed E-state index contributed by atoms with van der Waals surface area (Å²) in [4.78, 5) is 0. The Labute approximate surface area is 128 Å². The first kappa shape index (κ1) is 13.7. The molecule has 0 amide bonds. The van der Waals surface area contributed by atoms with Crippen molar-refractivity contribution in [3.05, 3.63) is 64.1 Å². The minimum absolute atomic E-state index is 0.241. The smallest absolute Gasteiger partial charge is 0.123 e. The third kappa shape index (κ3) is 3.05. The molecule has 3 rings (SSSR count). The zero-order valence-electron chi connectivity index (χ0n) is 11.5. The molecule has 2 unspecified atom stereocenters. The van der Waals surface area contributed by atoms with Gasteiger partial charge in [-0.2, -0.15) is 0 Å². The Morgan fingerprint density at radius 1 is 1.20 bits per heavy atom. The lowest BCUT2D eigenvalue weighted by Crippen LogP contribution is -2.31. The zero-order valence-corrected chi connectivity index (χ0v) is 13.1. The highest BCUT2D eigenvalue weighted by atomic mass is 79.9. The van der Waals surface area contributed by atoms with Gasteiger partial charge in [-0.05, 0) is 36.2 Å². The van der Waals surface area contributed by atoms with Gasteiger partial charge >= 0.3 is 0 Å². The van der Waals surface area contributed by atoms with E-state index in [1.807, 2.05) is 12.1 Å². The Morgan fingerprint density at radius 3 is 2.70 bits per heavy atom. The summed E-state index contributed by atoms with van der Waals surface area (Å²) in [6.45, 7) is 3.05. The van der Waals surface area contributed by atoms with Crippen LogP contribution in [0.1, 0.15) is 24.1 Å². The first-order valence-electron chi connectivity index (χ1n) is 6.96. The normalized spacial score (nSPS) is 18.4. The van der Waals surface area contributed by atoms with Gasteiger partial charge in [-0.25, -0.2) is 0 Å². The molecule has 0 saturated heterocycles. The molecule has 1 aliphatic rings. The van der Waals surface area contributed by atoms with Gasteiger partial charge in [0, 0.05) is 23.5 Å². The van der Waals surface area contributed by atoms with Crippen LogP contribution in [0, 0.1) is 0 Å². The number of hydrogen-bond acceptors (Lipinski definition) is 2. The fourth-order valence-electron chi connectivity index (χ4n) is 2.55. The topological polar surface area (TPSA) is 21.3 Å². The number of ether oxygens (including phenoxy) is 1. The molecule has 2 aromatic rings. The quantitative estimate of drug-likeness (QED) is 0.910. The minimum Gasteiger partial charge on any atom is -0.488 e. The highest BCUT2D eigenvalue weighted by molar-refractivity contribution is 9.10. The highest BCUT2D eigenvalue weighted by Crippen LogP contribution is 2.28. The maximum absolute atomic E-state index is 5.94. The van der Waals surface area contributed by atoms with Gasteiger partial charge in [-0.15, -0.1) is 0 Å². The molecule has 104 valence electrons. The Hall–Kier alpha value is -1.32. The molecule has 1 aliphatic heterocycles. The van der Waals surface area contributed by atoms with Crippen molar-refractivity contribution in [2.45, 2.75) is 25.5 Å². The van der Waals surface area contributed by atoms with Crippen molar-refractivity contribution in [3.8, 4) is 5.75 Å². The second kappa shape index (κ2) is 5.98. The molecule has 0 aromatic heterocycles. The fraction of sp³-hybridized carbons (Fsp3) is 0.294. The van der Waals surface area contributed by atoms with Crippen LogP contribution >= 0.6 is 15.9 Å². The molecule has 2 aromatic carbocycles. The average molecular weight is 332 g/mol. The first-order valence-corrected chi connectivity index (χ1v) is 7.75. The van der Waals surface area contributed by atoms with Crippen LogP contribution in [0.3, 0.4) is 0 Å². The minimum atomic E-state index is 0.241. The summed E-state index contributed by atoms with van der Waals surface area (Å²) in [7, 11) is 0. The Balaban J connectivity index is 1.55. The van der Waals surface area contributed by atoms with Crippen LogP contribution in [0.15, 0.2) is 53.0 Å². The lowest BCUT2D eigenvalue weighted by atomic mass is 10.1. The third-order valence-corrected chi connectivity index (χ3v) is 4.26. The number of hydrogen-bond donors (Lipinski definition) is 1. The van der Waals surface area contributed by atoms with E-state index in [4.69, 9.17) is 4.74 Å². The Kier molecular flexibility index (Phi) is 4.08. The van der Waals surface area contributed by atoms with Crippen LogP contribution in [0.4, 0.5) is 0 Å². The van der Waals surface area contributed by atoms with E-state index in [1.54, 1.807) is 0 Å². The van der Waals surface area contributed by atoms with Gasteiger partial charge < -0.3 is 10.1 Å². The lowest BCUT2D eigenvalue weighted by molar-refractivity contribution is 0.222. The van der Waals surface area contributed by atoms with Crippen LogP contribution in [0.25, 0.3) is 0 Å². The third-order valence-electron chi connectivity index (χ3n) is 3.74. The van der Waals surface area contributed by atoms with Crippen molar-refractivity contribution in [1.29, 1.82) is 0 Å². The van der Waals surface area contributed by atoms with Gasteiger partial charge in [0.1, 0.15) is 11.9 Å². The van der Waals surface area contributed by atoms with E-state index in [0.29, 0.717) is 6.04 Å². The molecule has 2 nitrogen and oxygen atoms in total. The molecule has 0 spiro atoms. The predicted octanol–water partition coefficient (Wildman–Crippen LogP) is 4.10. The molecular formula is C17H18BrNO. The number of benzene rings is 2. The summed E-state index contributed by atoms with van der Waals surface area (Å²) < 4.78 is 7.06. The summed E-state index contributed by atoms with van der Waals surface area (Å²) in [6, 6.07) is 17.1. The molecule has 2 atom stereocenters. The molecular weight excluding hydrogens is 314 g/mol. The standard InChI is InChI=1S/C17H18BrNO/c1-12(13-6-8-15(18)9-7-13)19-11-16-10-14-4-2-3-5-17(14)20-16/h2-9,12,16,19H,10-11H2,1H3.